The van der Waals surface area contributed by atoms with Gasteiger partial charge in [0.2, 0.25) is 0 Å². The van der Waals surface area contributed by atoms with E-state index >= 15 is 0 Å². The zero-order chi connectivity index (χ0) is 12.3. The maximum atomic E-state index is 10.1. The summed E-state index contributed by atoms with van der Waals surface area (Å²) in [5.74, 6) is 0.324. The summed E-state index contributed by atoms with van der Waals surface area (Å²) < 4.78 is 0. The molecule has 0 saturated carbocycles. The van der Waals surface area contributed by atoms with Crippen molar-refractivity contribution >= 4 is 5.69 Å². The summed E-state index contributed by atoms with van der Waals surface area (Å²) in [5, 5.41) is 10.1. The van der Waals surface area contributed by atoms with Gasteiger partial charge in [-0.3, -0.25) is 0 Å². The van der Waals surface area contributed by atoms with Gasteiger partial charge >= 0.3 is 0 Å². The minimum atomic E-state index is -0.235. The highest BCUT2D eigenvalue weighted by Crippen LogP contribution is 2.26. The van der Waals surface area contributed by atoms with E-state index in [2.05, 4.69) is 43.0 Å². The van der Waals surface area contributed by atoms with Crippen molar-refractivity contribution in [1.29, 1.82) is 0 Å². The predicted octanol–water partition coefficient (Wildman–Crippen LogP) is 2.85. The highest BCUT2D eigenvalue weighted by Gasteiger charge is 2.19. The maximum absolute atomic E-state index is 10.1. The number of fused-ring (bicyclic) bond motifs is 1. The molecule has 0 amide bonds. The van der Waals surface area contributed by atoms with Gasteiger partial charge in [-0.2, -0.15) is 0 Å². The van der Waals surface area contributed by atoms with Crippen LogP contribution in [-0.4, -0.2) is 24.3 Å². The van der Waals surface area contributed by atoms with Crippen molar-refractivity contribution in [1.82, 2.24) is 0 Å². The molecule has 1 N–H and O–H groups in total. The fourth-order valence-electron chi connectivity index (χ4n) is 2.40. The van der Waals surface area contributed by atoms with Crippen molar-refractivity contribution in [2.45, 2.75) is 39.2 Å². The lowest BCUT2D eigenvalue weighted by Crippen LogP contribution is -2.35. The zero-order valence-electron chi connectivity index (χ0n) is 10.9. The number of benzene rings is 1. The quantitative estimate of drug-likeness (QED) is 0.867. The van der Waals surface area contributed by atoms with E-state index in [0.29, 0.717) is 5.92 Å². The van der Waals surface area contributed by atoms with Crippen molar-refractivity contribution in [3.05, 3.63) is 29.8 Å². The molecule has 0 fully saturated rings. The van der Waals surface area contributed by atoms with Crippen LogP contribution in [-0.2, 0) is 6.42 Å². The number of aryl methyl sites for hydroxylation is 1. The summed E-state index contributed by atoms with van der Waals surface area (Å²) >= 11 is 0. The van der Waals surface area contributed by atoms with Crippen LogP contribution < -0.4 is 4.90 Å². The fourth-order valence-corrected chi connectivity index (χ4v) is 2.40. The number of hydrogen-bond donors (Lipinski definition) is 1. The lowest BCUT2D eigenvalue weighted by atomic mass is 10.1. The van der Waals surface area contributed by atoms with Crippen molar-refractivity contribution in [3.63, 3.8) is 0 Å². The van der Waals surface area contributed by atoms with Crippen LogP contribution in [0.5, 0.6) is 0 Å². The summed E-state index contributed by atoms with van der Waals surface area (Å²) in [5.41, 5.74) is 2.76. The van der Waals surface area contributed by atoms with E-state index in [0.717, 1.165) is 13.1 Å². The number of aliphatic hydroxyl groups is 1. The molecule has 2 nitrogen and oxygen atoms in total. The lowest BCUT2D eigenvalue weighted by Gasteiger charge is -2.28. The Morgan fingerprint density at radius 3 is 2.76 bits per heavy atom. The minimum absolute atomic E-state index is 0.235. The Labute approximate surface area is 104 Å². The first-order chi connectivity index (χ1) is 8.18. The molecule has 2 heteroatoms. The largest absolute Gasteiger partial charge is 0.391 e. The molecule has 0 spiro atoms. The third kappa shape index (κ3) is 3.01. The van der Waals surface area contributed by atoms with E-state index in [-0.39, 0.29) is 6.10 Å². The van der Waals surface area contributed by atoms with E-state index in [1.165, 1.54) is 30.5 Å². The predicted molar refractivity (Wildman–Crippen MR) is 72.4 cm³/mol. The van der Waals surface area contributed by atoms with Crippen LogP contribution in [0.25, 0.3) is 0 Å². The van der Waals surface area contributed by atoms with Gasteiger partial charge in [0, 0.05) is 18.8 Å². The Hall–Kier alpha value is -1.02. The highest BCUT2D eigenvalue weighted by molar-refractivity contribution is 5.54. The smallest absolute Gasteiger partial charge is 0.0737 e. The van der Waals surface area contributed by atoms with Crippen LogP contribution in [0.4, 0.5) is 5.69 Å². The van der Waals surface area contributed by atoms with Gasteiger partial charge in [-0.15, -0.1) is 0 Å². The summed E-state index contributed by atoms with van der Waals surface area (Å²) in [6, 6.07) is 8.61. The van der Waals surface area contributed by atoms with Gasteiger partial charge in [0.25, 0.3) is 0 Å². The monoisotopic (exact) mass is 233 g/mol. The van der Waals surface area contributed by atoms with Crippen molar-refractivity contribution < 1.29 is 5.11 Å². The fraction of sp³-hybridized carbons (Fsp3) is 0.600. The number of anilines is 1. The van der Waals surface area contributed by atoms with Crippen LogP contribution in [0, 0.1) is 5.92 Å². The van der Waals surface area contributed by atoms with Gasteiger partial charge in [-0.05, 0) is 36.8 Å². The molecule has 0 aromatic heterocycles. The molecule has 1 unspecified atom stereocenters. The summed E-state index contributed by atoms with van der Waals surface area (Å²) in [7, 11) is 0. The summed E-state index contributed by atoms with van der Waals surface area (Å²) in [6.07, 6.45) is 3.41. The Bertz CT molecular complexity index is 362. The molecule has 1 aromatic rings. The third-order valence-electron chi connectivity index (χ3n) is 3.63. The average Bonchev–Trinajstić information content (AvgIpc) is 2.52. The van der Waals surface area contributed by atoms with Crippen LogP contribution in [0.3, 0.4) is 0 Å². The average molecular weight is 233 g/mol. The van der Waals surface area contributed by atoms with E-state index < -0.39 is 0 Å². The number of rotatable bonds is 3. The molecule has 1 heterocycles. The standard InChI is InChI=1S/C15H23NO/c1-12(2)15(17)11-16-10-6-5-8-13-7-3-4-9-14(13)16/h3-4,7,9,12,15,17H,5-6,8,10-11H2,1-2H3. The van der Waals surface area contributed by atoms with Crippen LogP contribution in [0.2, 0.25) is 0 Å². The number of β-amino-alcohol motifs (C(OH)–C–C–N with tert-alkyl or cyclic N) is 1. The molecule has 0 aliphatic carbocycles. The van der Waals surface area contributed by atoms with Gasteiger partial charge in [0.15, 0.2) is 0 Å². The Morgan fingerprint density at radius 2 is 2.00 bits per heavy atom. The van der Waals surface area contributed by atoms with Gasteiger partial charge in [-0.1, -0.05) is 32.0 Å². The van der Waals surface area contributed by atoms with E-state index in [4.69, 9.17) is 0 Å². The van der Waals surface area contributed by atoms with E-state index in [9.17, 15) is 5.11 Å². The van der Waals surface area contributed by atoms with Crippen LogP contribution in [0.1, 0.15) is 32.3 Å². The summed E-state index contributed by atoms with van der Waals surface area (Å²) in [4.78, 5) is 2.35. The molecule has 94 valence electrons. The Balaban J connectivity index is 2.17. The van der Waals surface area contributed by atoms with Gasteiger partial charge in [0.1, 0.15) is 0 Å². The van der Waals surface area contributed by atoms with Crippen LogP contribution >= 0.6 is 0 Å². The number of aliphatic hydroxyl groups excluding tert-OH is 1. The zero-order valence-corrected chi connectivity index (χ0v) is 10.9. The third-order valence-corrected chi connectivity index (χ3v) is 3.63. The first-order valence-electron chi connectivity index (χ1n) is 6.69. The molecular weight excluding hydrogens is 210 g/mol. The van der Waals surface area contributed by atoms with Crippen molar-refractivity contribution in [3.8, 4) is 0 Å². The van der Waals surface area contributed by atoms with Gasteiger partial charge in [-0.25, -0.2) is 0 Å². The molecular formula is C15H23NO. The molecule has 1 aliphatic rings. The van der Waals surface area contributed by atoms with Crippen molar-refractivity contribution in [2.24, 2.45) is 5.92 Å². The molecule has 0 radical (unpaired) electrons. The number of para-hydroxylation sites is 1. The molecule has 17 heavy (non-hydrogen) atoms. The van der Waals surface area contributed by atoms with E-state index in [1.54, 1.807) is 0 Å². The Morgan fingerprint density at radius 1 is 1.24 bits per heavy atom. The van der Waals surface area contributed by atoms with Gasteiger partial charge < -0.3 is 10.0 Å². The number of nitrogens with zero attached hydrogens (tertiary/aromatic N) is 1. The molecule has 0 bridgehead atoms. The van der Waals surface area contributed by atoms with Crippen molar-refractivity contribution in [2.75, 3.05) is 18.0 Å². The molecule has 1 aromatic carbocycles. The second-order valence-electron chi connectivity index (χ2n) is 5.34. The lowest BCUT2D eigenvalue weighted by molar-refractivity contribution is 0.131. The second-order valence-corrected chi connectivity index (χ2v) is 5.34. The minimum Gasteiger partial charge on any atom is -0.391 e. The van der Waals surface area contributed by atoms with Gasteiger partial charge in [0.05, 0.1) is 6.10 Å². The topological polar surface area (TPSA) is 23.5 Å². The molecule has 1 aliphatic heterocycles. The molecule has 1 atom stereocenters. The molecule has 2 rings (SSSR count). The second kappa shape index (κ2) is 5.54. The SMILES string of the molecule is CC(C)C(O)CN1CCCCc2ccccc21. The first-order valence-corrected chi connectivity index (χ1v) is 6.69. The summed E-state index contributed by atoms with van der Waals surface area (Å²) in [6.45, 7) is 5.98. The highest BCUT2D eigenvalue weighted by atomic mass is 16.3. The maximum Gasteiger partial charge on any atom is 0.0737 e. The Kier molecular flexibility index (Phi) is 4.06. The van der Waals surface area contributed by atoms with E-state index in [1.807, 2.05) is 0 Å². The molecule has 0 saturated heterocycles. The first kappa shape index (κ1) is 12.4. The van der Waals surface area contributed by atoms with Crippen LogP contribution in [0.15, 0.2) is 24.3 Å². The normalized spacial score (nSPS) is 17.8. The number of hydrogen-bond acceptors (Lipinski definition) is 2.